The standard InChI is InChI=1S/2C23H19N7S2/c2*31-22-27-25-20(29(22)14-16-8-3-1-4-9-16)18-12-7-13-19(24-18)21-26-28-23(32)30(21)15-17-10-5-2-6-11-17/h2*1-13H,14-15H2,(H,27,31)(H,28,32). The molecule has 10 aromatic rings. The van der Waals surface area contributed by atoms with Crippen molar-refractivity contribution in [3.8, 4) is 46.1 Å². The van der Waals surface area contributed by atoms with Crippen LogP contribution in [0.4, 0.5) is 0 Å². The number of pyridine rings is 2. The summed E-state index contributed by atoms with van der Waals surface area (Å²) in [6.07, 6.45) is 0. The van der Waals surface area contributed by atoms with Crippen molar-refractivity contribution < 1.29 is 0 Å². The topological polar surface area (TPSA) is 160 Å². The fraction of sp³-hybridized carbons (Fsp3) is 0.0870. The van der Waals surface area contributed by atoms with E-state index in [1.807, 2.05) is 127 Å². The molecule has 0 aliphatic rings. The van der Waals surface area contributed by atoms with Gasteiger partial charge in [0, 0.05) is 0 Å². The van der Waals surface area contributed by atoms with Gasteiger partial charge in [0.15, 0.2) is 42.4 Å². The Morgan fingerprint density at radius 2 is 0.516 bits per heavy atom. The number of hydrogen-bond donors (Lipinski definition) is 4. The van der Waals surface area contributed by atoms with Gasteiger partial charge < -0.3 is 0 Å². The Balaban J connectivity index is 0.000000162. The average Bonchev–Trinajstić information content (AvgIpc) is 4.11. The molecular weight excluding hydrogens is 877 g/mol. The summed E-state index contributed by atoms with van der Waals surface area (Å²) in [7, 11) is 0. The van der Waals surface area contributed by atoms with E-state index in [1.165, 1.54) is 0 Å². The third kappa shape index (κ3) is 9.49. The fourth-order valence-corrected chi connectivity index (χ4v) is 7.86. The highest BCUT2D eigenvalue weighted by atomic mass is 32.1. The smallest absolute Gasteiger partial charge is 0.195 e. The Kier molecular flexibility index (Phi) is 12.7. The minimum atomic E-state index is 0.544. The van der Waals surface area contributed by atoms with Crippen LogP contribution in [0.2, 0.25) is 0 Å². The van der Waals surface area contributed by atoms with Gasteiger partial charge in [-0.3, -0.25) is 38.7 Å². The van der Waals surface area contributed by atoms with Crippen LogP contribution in [0.3, 0.4) is 0 Å². The number of H-pyrrole nitrogens is 4. The largest absolute Gasteiger partial charge is 0.294 e. The van der Waals surface area contributed by atoms with Gasteiger partial charge in [0.25, 0.3) is 0 Å². The number of rotatable bonds is 12. The zero-order chi connectivity index (χ0) is 43.8. The van der Waals surface area contributed by atoms with Gasteiger partial charge in [0.1, 0.15) is 22.8 Å². The molecule has 316 valence electrons. The van der Waals surface area contributed by atoms with Gasteiger partial charge in [-0.2, -0.15) is 20.4 Å². The average molecular weight is 915 g/mol. The lowest BCUT2D eigenvalue weighted by Crippen LogP contribution is -2.05. The van der Waals surface area contributed by atoms with Gasteiger partial charge in [-0.1, -0.05) is 133 Å². The molecule has 0 radical (unpaired) electrons. The number of hydrogen-bond acceptors (Lipinski definition) is 10. The molecule has 0 bridgehead atoms. The molecule has 0 saturated heterocycles. The van der Waals surface area contributed by atoms with Gasteiger partial charge in [0.2, 0.25) is 0 Å². The molecule has 4 aromatic carbocycles. The summed E-state index contributed by atoms with van der Waals surface area (Å²) in [5, 5.41) is 29.3. The van der Waals surface area contributed by atoms with Gasteiger partial charge in [-0.25, -0.2) is 9.97 Å². The SMILES string of the molecule is S=c1[nH]nc(-c2cccc(-c3n[nH]c(=S)n3Cc3ccccc3)n2)n1Cc1ccccc1.S=c1[nH]nc(-c2cccc(-c3n[nH]c(=S)n3Cc3ccccc3)n2)n1Cc1ccccc1. The Labute approximate surface area is 387 Å². The lowest BCUT2D eigenvalue weighted by atomic mass is 10.2. The summed E-state index contributed by atoms with van der Waals surface area (Å²) in [6, 6.07) is 52.0. The predicted molar refractivity (Wildman–Crippen MR) is 256 cm³/mol. The molecule has 0 amide bonds. The van der Waals surface area contributed by atoms with Crippen molar-refractivity contribution in [3.05, 3.63) is 199 Å². The highest BCUT2D eigenvalue weighted by Gasteiger charge is 2.17. The Morgan fingerprint density at radius 3 is 0.734 bits per heavy atom. The molecule has 0 atom stereocenters. The van der Waals surface area contributed by atoms with Gasteiger partial charge in [0.05, 0.1) is 26.2 Å². The first-order valence-electron chi connectivity index (χ1n) is 20.1. The molecule has 64 heavy (non-hydrogen) atoms. The summed E-state index contributed by atoms with van der Waals surface area (Å²) in [5.41, 5.74) is 7.32. The Morgan fingerprint density at radius 1 is 0.297 bits per heavy atom. The maximum Gasteiger partial charge on any atom is 0.195 e. The predicted octanol–water partition coefficient (Wildman–Crippen LogP) is 10.0. The first kappa shape index (κ1) is 41.9. The maximum absolute atomic E-state index is 5.48. The van der Waals surface area contributed by atoms with Crippen LogP contribution in [0.1, 0.15) is 22.3 Å². The molecule has 0 unspecified atom stereocenters. The second-order valence-corrected chi connectivity index (χ2v) is 16.1. The monoisotopic (exact) mass is 914 g/mol. The molecule has 0 saturated carbocycles. The Bertz CT molecular complexity index is 2940. The summed E-state index contributed by atoms with van der Waals surface area (Å²) in [5.74, 6) is 2.68. The molecule has 0 aliphatic carbocycles. The lowest BCUT2D eigenvalue weighted by molar-refractivity contribution is 0.783. The van der Waals surface area contributed by atoms with Crippen molar-refractivity contribution in [2.45, 2.75) is 26.2 Å². The van der Waals surface area contributed by atoms with E-state index in [-0.39, 0.29) is 0 Å². The first-order chi connectivity index (χ1) is 31.4. The van der Waals surface area contributed by atoms with Crippen molar-refractivity contribution in [3.63, 3.8) is 0 Å². The normalized spacial score (nSPS) is 11.0. The van der Waals surface area contributed by atoms with E-state index in [0.29, 0.717) is 91.3 Å². The number of aromatic nitrogens is 14. The van der Waals surface area contributed by atoms with Crippen LogP contribution in [-0.4, -0.2) is 69.0 Å². The summed E-state index contributed by atoms with van der Waals surface area (Å²) in [4.78, 5) is 9.69. The van der Waals surface area contributed by atoms with Crippen molar-refractivity contribution in [2.24, 2.45) is 0 Å². The quantitative estimate of drug-likeness (QED) is 0.0869. The highest BCUT2D eigenvalue weighted by molar-refractivity contribution is 7.71. The van der Waals surface area contributed by atoms with Crippen LogP contribution in [0, 0.1) is 19.1 Å². The molecule has 6 aromatic heterocycles. The van der Waals surface area contributed by atoms with Crippen molar-refractivity contribution >= 4 is 48.9 Å². The zero-order valence-electron chi connectivity index (χ0n) is 33.9. The van der Waals surface area contributed by atoms with E-state index in [4.69, 9.17) is 58.8 Å². The fourth-order valence-electron chi connectivity index (χ4n) is 7.07. The third-order valence-electron chi connectivity index (χ3n) is 10.2. The maximum atomic E-state index is 5.48. The molecule has 0 spiro atoms. The van der Waals surface area contributed by atoms with E-state index in [0.717, 1.165) is 22.3 Å². The number of nitrogens with one attached hydrogen (secondary N) is 4. The number of nitrogens with zero attached hydrogens (tertiary/aromatic N) is 10. The number of benzene rings is 4. The summed E-state index contributed by atoms with van der Waals surface area (Å²) in [6.45, 7) is 2.41. The minimum Gasteiger partial charge on any atom is -0.294 e. The van der Waals surface area contributed by atoms with Crippen molar-refractivity contribution in [1.82, 2.24) is 69.0 Å². The second kappa shape index (κ2) is 19.3. The first-order valence-corrected chi connectivity index (χ1v) is 21.7. The van der Waals surface area contributed by atoms with E-state index in [9.17, 15) is 0 Å². The van der Waals surface area contributed by atoms with Crippen LogP contribution < -0.4 is 0 Å². The second-order valence-electron chi connectivity index (χ2n) is 14.5. The molecule has 14 nitrogen and oxygen atoms in total. The molecule has 0 aliphatic heterocycles. The third-order valence-corrected chi connectivity index (χ3v) is 11.4. The van der Waals surface area contributed by atoms with Crippen LogP contribution in [0.15, 0.2) is 158 Å². The lowest BCUT2D eigenvalue weighted by Gasteiger charge is -2.09. The van der Waals surface area contributed by atoms with Crippen molar-refractivity contribution in [2.75, 3.05) is 0 Å². The van der Waals surface area contributed by atoms with Crippen molar-refractivity contribution in [1.29, 1.82) is 0 Å². The molecular formula is C46H38N14S4. The molecule has 6 heterocycles. The summed E-state index contributed by atoms with van der Waals surface area (Å²) >= 11 is 21.9. The van der Waals surface area contributed by atoms with Crippen LogP contribution in [0.25, 0.3) is 46.1 Å². The van der Waals surface area contributed by atoms with Crippen LogP contribution >= 0.6 is 48.9 Å². The Hall–Kier alpha value is -7.38. The number of aromatic amines is 4. The minimum absolute atomic E-state index is 0.544. The highest BCUT2D eigenvalue weighted by Crippen LogP contribution is 2.24. The van der Waals surface area contributed by atoms with Gasteiger partial charge >= 0.3 is 0 Å². The summed E-state index contributed by atoms with van der Waals surface area (Å²) < 4.78 is 9.95. The van der Waals surface area contributed by atoms with Gasteiger partial charge in [-0.05, 0) is 95.4 Å². The molecule has 4 N–H and O–H groups in total. The van der Waals surface area contributed by atoms with E-state index < -0.39 is 0 Å². The van der Waals surface area contributed by atoms with Gasteiger partial charge in [-0.15, -0.1) is 0 Å². The van der Waals surface area contributed by atoms with Crippen LogP contribution in [-0.2, 0) is 26.2 Å². The van der Waals surface area contributed by atoms with E-state index >= 15 is 0 Å². The molecule has 18 heteroatoms. The molecule has 0 fully saturated rings. The van der Waals surface area contributed by atoms with Crippen LogP contribution in [0.5, 0.6) is 0 Å². The zero-order valence-corrected chi connectivity index (χ0v) is 37.2. The molecule has 10 rings (SSSR count). The van der Waals surface area contributed by atoms with E-state index in [1.54, 1.807) is 0 Å². The van der Waals surface area contributed by atoms with E-state index in [2.05, 4.69) is 89.3 Å².